The van der Waals surface area contributed by atoms with Crippen LogP contribution in [-0.2, 0) is 9.59 Å². The molecule has 3 unspecified atom stereocenters. The zero-order valence-electron chi connectivity index (χ0n) is 13.1. The van der Waals surface area contributed by atoms with E-state index in [-0.39, 0.29) is 30.2 Å². The van der Waals surface area contributed by atoms with E-state index in [9.17, 15) is 18.4 Å². The third-order valence-electron chi connectivity index (χ3n) is 4.12. The Morgan fingerprint density at radius 3 is 2.61 bits per heavy atom. The number of nitrogens with two attached hydrogens (primary N) is 1. The van der Waals surface area contributed by atoms with Crippen molar-refractivity contribution >= 4 is 11.8 Å². The number of primary amides is 1. The molecule has 5 nitrogen and oxygen atoms in total. The van der Waals surface area contributed by atoms with Gasteiger partial charge in [-0.05, 0) is 38.8 Å². The minimum Gasteiger partial charge on any atom is -0.481 e. The van der Waals surface area contributed by atoms with E-state index >= 15 is 0 Å². The molecule has 2 amide bonds. The summed E-state index contributed by atoms with van der Waals surface area (Å²) in [6.07, 6.45) is 0.449. The van der Waals surface area contributed by atoms with Crippen LogP contribution in [0.25, 0.3) is 0 Å². The summed E-state index contributed by atoms with van der Waals surface area (Å²) < 4.78 is 31.5. The van der Waals surface area contributed by atoms with Crippen LogP contribution in [0.5, 0.6) is 5.75 Å². The fourth-order valence-corrected chi connectivity index (χ4v) is 2.68. The lowest BCUT2D eigenvalue weighted by atomic mass is 9.92. The molecule has 1 aromatic carbocycles. The number of hydrogen-bond donors (Lipinski definition) is 1. The molecule has 0 bridgehead atoms. The van der Waals surface area contributed by atoms with Gasteiger partial charge in [0.05, 0.1) is 5.92 Å². The number of likely N-dealkylation sites (tertiary alicyclic amines) is 1. The largest absolute Gasteiger partial charge is 0.481 e. The molecular formula is C16H20F2N2O3. The third-order valence-corrected chi connectivity index (χ3v) is 4.12. The molecule has 1 fully saturated rings. The number of piperidine rings is 1. The van der Waals surface area contributed by atoms with E-state index in [4.69, 9.17) is 10.5 Å². The maximum Gasteiger partial charge on any atom is 0.263 e. The zero-order chi connectivity index (χ0) is 17.1. The maximum atomic E-state index is 13.2. The molecule has 0 spiro atoms. The molecule has 0 radical (unpaired) electrons. The van der Waals surface area contributed by atoms with Gasteiger partial charge in [-0.25, -0.2) is 8.78 Å². The van der Waals surface area contributed by atoms with E-state index in [1.165, 1.54) is 13.0 Å². The lowest BCUT2D eigenvalue weighted by molar-refractivity contribution is -0.143. The van der Waals surface area contributed by atoms with Gasteiger partial charge < -0.3 is 15.4 Å². The molecule has 0 saturated carbocycles. The molecule has 0 aromatic heterocycles. The first-order chi connectivity index (χ1) is 10.8. The Balaban J connectivity index is 2.05. The molecule has 1 heterocycles. The lowest BCUT2D eigenvalue weighted by Crippen LogP contribution is -2.52. The Kier molecular flexibility index (Phi) is 5.18. The number of amides is 2. The van der Waals surface area contributed by atoms with Crippen molar-refractivity contribution in [1.82, 2.24) is 4.90 Å². The van der Waals surface area contributed by atoms with Gasteiger partial charge in [0.15, 0.2) is 17.7 Å². The highest BCUT2D eigenvalue weighted by molar-refractivity contribution is 5.83. The lowest BCUT2D eigenvalue weighted by Gasteiger charge is -2.38. The Morgan fingerprint density at radius 2 is 2.00 bits per heavy atom. The van der Waals surface area contributed by atoms with Crippen LogP contribution >= 0.6 is 0 Å². The SMILES string of the molecule is CC(Oc1ccc(F)c(F)c1)C(=O)N1CC(C(N)=O)CCC1C. The number of carbonyl (C=O) groups excluding carboxylic acids is 2. The summed E-state index contributed by atoms with van der Waals surface area (Å²) in [6.45, 7) is 3.67. The van der Waals surface area contributed by atoms with Crippen molar-refractivity contribution in [3.05, 3.63) is 29.8 Å². The smallest absolute Gasteiger partial charge is 0.263 e. The zero-order valence-corrected chi connectivity index (χ0v) is 13.1. The summed E-state index contributed by atoms with van der Waals surface area (Å²) in [6, 6.07) is 3.06. The quantitative estimate of drug-likeness (QED) is 0.918. The molecule has 2 rings (SSSR count). The number of rotatable bonds is 4. The first kappa shape index (κ1) is 17.2. The average molecular weight is 326 g/mol. The van der Waals surface area contributed by atoms with Gasteiger partial charge in [-0.15, -0.1) is 0 Å². The van der Waals surface area contributed by atoms with E-state index in [0.717, 1.165) is 12.1 Å². The molecule has 1 aliphatic rings. The topological polar surface area (TPSA) is 72.6 Å². The molecule has 7 heteroatoms. The first-order valence-corrected chi connectivity index (χ1v) is 7.51. The third kappa shape index (κ3) is 3.97. The molecule has 0 aliphatic carbocycles. The highest BCUT2D eigenvalue weighted by Crippen LogP contribution is 2.24. The van der Waals surface area contributed by atoms with Crippen LogP contribution in [0.2, 0.25) is 0 Å². The minimum atomic E-state index is -1.04. The van der Waals surface area contributed by atoms with Crippen molar-refractivity contribution in [2.75, 3.05) is 6.54 Å². The van der Waals surface area contributed by atoms with Crippen molar-refractivity contribution in [2.45, 2.75) is 38.8 Å². The van der Waals surface area contributed by atoms with Crippen LogP contribution in [0.3, 0.4) is 0 Å². The van der Waals surface area contributed by atoms with Gasteiger partial charge >= 0.3 is 0 Å². The predicted octanol–water partition coefficient (Wildman–Crippen LogP) is 1.84. The number of benzene rings is 1. The molecule has 1 saturated heterocycles. The van der Waals surface area contributed by atoms with E-state index in [1.54, 1.807) is 4.90 Å². The predicted molar refractivity (Wildman–Crippen MR) is 79.5 cm³/mol. The Bertz CT molecular complexity index is 609. The number of halogens is 2. The monoisotopic (exact) mass is 326 g/mol. The van der Waals surface area contributed by atoms with Crippen LogP contribution in [-0.4, -0.2) is 35.4 Å². The molecule has 126 valence electrons. The molecular weight excluding hydrogens is 306 g/mol. The number of hydrogen-bond acceptors (Lipinski definition) is 3. The highest BCUT2D eigenvalue weighted by Gasteiger charge is 2.34. The van der Waals surface area contributed by atoms with Crippen molar-refractivity contribution in [3.63, 3.8) is 0 Å². The summed E-state index contributed by atoms with van der Waals surface area (Å²) in [5.41, 5.74) is 5.32. The fraction of sp³-hybridized carbons (Fsp3) is 0.500. The first-order valence-electron chi connectivity index (χ1n) is 7.51. The molecule has 23 heavy (non-hydrogen) atoms. The van der Waals surface area contributed by atoms with Crippen molar-refractivity contribution in [3.8, 4) is 5.75 Å². The second kappa shape index (κ2) is 6.93. The van der Waals surface area contributed by atoms with Crippen LogP contribution in [0.15, 0.2) is 18.2 Å². The fourth-order valence-electron chi connectivity index (χ4n) is 2.68. The Hall–Kier alpha value is -2.18. The molecule has 1 aromatic rings. The van der Waals surface area contributed by atoms with Gasteiger partial charge in [0.1, 0.15) is 5.75 Å². The van der Waals surface area contributed by atoms with Crippen LogP contribution < -0.4 is 10.5 Å². The molecule has 2 N–H and O–H groups in total. The summed E-state index contributed by atoms with van der Waals surface area (Å²) in [5.74, 6) is -3.06. The van der Waals surface area contributed by atoms with Gasteiger partial charge in [-0.1, -0.05) is 0 Å². The molecule has 3 atom stereocenters. The highest BCUT2D eigenvalue weighted by atomic mass is 19.2. The van der Waals surface area contributed by atoms with Crippen molar-refractivity contribution in [2.24, 2.45) is 11.7 Å². The van der Waals surface area contributed by atoms with Crippen molar-refractivity contribution < 1.29 is 23.1 Å². The Morgan fingerprint density at radius 1 is 1.30 bits per heavy atom. The van der Waals surface area contributed by atoms with E-state index in [1.807, 2.05) is 6.92 Å². The summed E-state index contributed by atoms with van der Waals surface area (Å²) >= 11 is 0. The standard InChI is InChI=1S/C16H20F2N2O3/c1-9-3-4-11(15(19)21)8-20(9)16(22)10(2)23-12-5-6-13(17)14(18)7-12/h5-7,9-11H,3-4,8H2,1-2H3,(H2,19,21). The number of ether oxygens (including phenoxy) is 1. The Labute approximate surface area is 133 Å². The van der Waals surface area contributed by atoms with Gasteiger partial charge in [0, 0.05) is 18.7 Å². The normalized spacial score (nSPS) is 22.5. The molecule has 1 aliphatic heterocycles. The second-order valence-corrected chi connectivity index (χ2v) is 5.85. The van der Waals surface area contributed by atoms with Gasteiger partial charge in [-0.3, -0.25) is 9.59 Å². The summed E-state index contributed by atoms with van der Waals surface area (Å²) in [7, 11) is 0. The van der Waals surface area contributed by atoms with Crippen molar-refractivity contribution in [1.29, 1.82) is 0 Å². The van der Waals surface area contributed by atoms with Crippen LogP contribution in [0, 0.1) is 17.6 Å². The maximum absolute atomic E-state index is 13.2. The second-order valence-electron chi connectivity index (χ2n) is 5.85. The average Bonchev–Trinajstić information content (AvgIpc) is 2.50. The van der Waals surface area contributed by atoms with Gasteiger partial charge in [-0.2, -0.15) is 0 Å². The van der Waals surface area contributed by atoms with E-state index in [2.05, 4.69) is 0 Å². The van der Waals surface area contributed by atoms with E-state index < -0.39 is 23.6 Å². The van der Waals surface area contributed by atoms with Gasteiger partial charge in [0.25, 0.3) is 5.91 Å². The van der Waals surface area contributed by atoms with Gasteiger partial charge in [0.2, 0.25) is 5.91 Å². The van der Waals surface area contributed by atoms with Crippen LogP contribution in [0.1, 0.15) is 26.7 Å². The van der Waals surface area contributed by atoms with Crippen LogP contribution in [0.4, 0.5) is 8.78 Å². The summed E-state index contributed by atoms with van der Waals surface area (Å²) in [5, 5.41) is 0. The van der Waals surface area contributed by atoms with E-state index in [0.29, 0.717) is 12.8 Å². The minimum absolute atomic E-state index is 0.0332. The summed E-state index contributed by atoms with van der Waals surface area (Å²) in [4.78, 5) is 25.4. The number of nitrogens with zero attached hydrogens (tertiary/aromatic N) is 1. The number of carbonyl (C=O) groups is 2.